The highest BCUT2D eigenvalue weighted by molar-refractivity contribution is 7.91. The molecule has 0 fully saturated rings. The summed E-state index contributed by atoms with van der Waals surface area (Å²) in [5.41, 5.74) is -5.99. The van der Waals surface area contributed by atoms with Crippen molar-refractivity contribution in [3.05, 3.63) is 0 Å². The standard InChI is InChI=1S/2C4H7NO2S.C4H10O2S/c2*1-8(6,7)4-2-3-5;1-3-4-7(2,5)6/h2*2,4H2,1H3;3-4H2,1-2H3/i2D2,4D2;;3D2,4D2. The van der Waals surface area contributed by atoms with Crippen LogP contribution in [0.15, 0.2) is 0 Å². The Morgan fingerprint density at radius 3 is 1.35 bits per heavy atom. The van der Waals surface area contributed by atoms with Crippen LogP contribution in [0.4, 0.5) is 0 Å². The first kappa shape index (κ1) is 13.2. The van der Waals surface area contributed by atoms with Gasteiger partial charge in [0, 0.05) is 48.2 Å². The molecule has 0 saturated heterocycles. The largest absolute Gasteiger partial charge is 0.229 e. The predicted octanol–water partition coefficient (Wildman–Crippen LogP) is 0.330. The van der Waals surface area contributed by atoms with Gasteiger partial charge in [0.05, 0.1) is 23.6 Å². The van der Waals surface area contributed by atoms with Crippen molar-refractivity contribution in [1.82, 2.24) is 0 Å². The summed E-state index contributed by atoms with van der Waals surface area (Å²) in [5.74, 6) is -0.0243. The van der Waals surface area contributed by atoms with Crippen LogP contribution in [0.5, 0.6) is 0 Å². The van der Waals surface area contributed by atoms with Crippen LogP contribution in [0.1, 0.15) is 37.1 Å². The van der Waals surface area contributed by atoms with Crippen molar-refractivity contribution in [2.45, 2.75) is 26.1 Å². The van der Waals surface area contributed by atoms with Crippen molar-refractivity contribution in [3.8, 4) is 12.1 Å². The molecule has 0 aromatic heterocycles. The molecular formula is C12H24N2O6S3. The monoisotopic (exact) mass is 396 g/mol. The summed E-state index contributed by atoms with van der Waals surface area (Å²) < 4.78 is 118. The van der Waals surface area contributed by atoms with Crippen molar-refractivity contribution in [2.75, 3.05) is 35.9 Å². The number of sulfone groups is 3. The van der Waals surface area contributed by atoms with Gasteiger partial charge in [-0.15, -0.1) is 0 Å². The number of hydrogen-bond donors (Lipinski definition) is 0. The van der Waals surface area contributed by atoms with E-state index >= 15 is 0 Å². The molecular weight excluding hydrogens is 364 g/mol. The van der Waals surface area contributed by atoms with Crippen LogP contribution < -0.4 is 0 Å². The van der Waals surface area contributed by atoms with Gasteiger partial charge in [-0.1, -0.05) is 6.92 Å². The highest BCUT2D eigenvalue weighted by Crippen LogP contribution is 1.85. The predicted molar refractivity (Wildman–Crippen MR) is 89.9 cm³/mol. The Kier molecular flexibility index (Phi) is 7.60. The molecule has 23 heavy (non-hydrogen) atoms. The second-order valence-electron chi connectivity index (χ2n) is 3.77. The molecule has 0 heterocycles. The molecule has 0 aliphatic carbocycles. The van der Waals surface area contributed by atoms with E-state index in [1.807, 2.05) is 0 Å². The van der Waals surface area contributed by atoms with Crippen LogP contribution in [0, 0.1) is 22.7 Å². The molecule has 136 valence electrons. The zero-order chi connectivity index (χ0) is 26.3. The first-order chi connectivity index (χ1) is 13.1. The maximum absolute atomic E-state index is 10.7. The molecule has 0 bridgehead atoms. The molecule has 0 aromatic carbocycles. The third-order valence-corrected chi connectivity index (χ3v) is 3.16. The molecule has 0 aliphatic rings. The summed E-state index contributed by atoms with van der Waals surface area (Å²) in [6, 6.07) is 2.71. The number of hydrogen-bond acceptors (Lipinski definition) is 8. The number of nitrogens with zero attached hydrogens (tertiary/aromatic N) is 2. The topological polar surface area (TPSA) is 150 Å². The maximum Gasteiger partial charge on any atom is 0.148 e. The van der Waals surface area contributed by atoms with Crippen molar-refractivity contribution < 1.29 is 36.2 Å². The normalized spacial score (nSPS) is 18.5. The molecule has 0 N–H and O–H groups in total. The fraction of sp³-hybridized carbons (Fsp3) is 0.833. The molecule has 0 radical (unpaired) electrons. The van der Waals surface area contributed by atoms with E-state index in [2.05, 4.69) is 0 Å². The summed E-state index contributed by atoms with van der Waals surface area (Å²) in [7, 11) is -11.1. The van der Waals surface area contributed by atoms with Crippen LogP contribution in [-0.4, -0.2) is 61.2 Å². The van der Waals surface area contributed by atoms with Crippen LogP contribution >= 0.6 is 0 Å². The molecule has 11 heteroatoms. The summed E-state index contributed by atoms with van der Waals surface area (Å²) in [4.78, 5) is 0. The average Bonchev–Trinajstić information content (AvgIpc) is 2.50. The van der Waals surface area contributed by atoms with E-state index in [0.29, 0.717) is 12.5 Å². The molecule has 0 aromatic rings. The molecule has 0 rings (SSSR count). The minimum absolute atomic E-state index is 0.0243. The van der Waals surface area contributed by atoms with Crippen LogP contribution in [-0.2, 0) is 29.5 Å². The van der Waals surface area contributed by atoms with Gasteiger partial charge in [-0.3, -0.25) is 0 Å². The summed E-state index contributed by atoms with van der Waals surface area (Å²) in [6.45, 7) is 0.897. The van der Waals surface area contributed by atoms with Crippen LogP contribution in [0.3, 0.4) is 0 Å². The Labute approximate surface area is 151 Å². The van der Waals surface area contributed by atoms with Gasteiger partial charge in [0.15, 0.2) is 0 Å². The number of nitriles is 2. The third-order valence-electron chi connectivity index (χ3n) is 1.16. The van der Waals surface area contributed by atoms with Crippen LogP contribution in [0.25, 0.3) is 0 Å². The van der Waals surface area contributed by atoms with E-state index < -0.39 is 53.7 Å². The van der Waals surface area contributed by atoms with Gasteiger partial charge < -0.3 is 0 Å². The van der Waals surface area contributed by atoms with E-state index in [1.54, 1.807) is 6.07 Å². The molecule has 0 saturated carbocycles. The molecule has 0 spiro atoms. The third kappa shape index (κ3) is 44.9. The minimum Gasteiger partial charge on any atom is -0.229 e. The molecule has 8 nitrogen and oxygen atoms in total. The van der Waals surface area contributed by atoms with Gasteiger partial charge in [0.25, 0.3) is 0 Å². The second kappa shape index (κ2) is 13.3. The lowest BCUT2D eigenvalue weighted by atomic mass is 10.6. The Morgan fingerprint density at radius 1 is 0.826 bits per heavy atom. The summed E-state index contributed by atoms with van der Waals surface area (Å²) >= 11 is 0. The molecule has 0 unspecified atom stereocenters. The second-order valence-corrected chi connectivity index (χ2v) is 9.53. The number of rotatable bonds is 6. The smallest absolute Gasteiger partial charge is 0.148 e. The lowest BCUT2D eigenvalue weighted by molar-refractivity contribution is 0.599. The first-order valence-electron chi connectivity index (χ1n) is 9.47. The molecule has 0 atom stereocenters. The van der Waals surface area contributed by atoms with Gasteiger partial charge in [0.2, 0.25) is 0 Å². The van der Waals surface area contributed by atoms with E-state index in [4.69, 9.17) is 21.5 Å². The van der Waals surface area contributed by atoms with Crippen molar-refractivity contribution in [1.29, 1.82) is 10.5 Å². The Morgan fingerprint density at radius 2 is 1.26 bits per heavy atom. The zero-order valence-corrected chi connectivity index (χ0v) is 15.4. The van der Waals surface area contributed by atoms with Crippen molar-refractivity contribution >= 4 is 29.5 Å². The summed E-state index contributed by atoms with van der Waals surface area (Å²) in [5, 5.41) is 16.1. The lowest BCUT2D eigenvalue weighted by Crippen LogP contribution is -2.00. The Hall–Kier alpha value is -1.17. The van der Waals surface area contributed by atoms with E-state index in [1.165, 1.54) is 0 Å². The first-order valence-corrected chi connectivity index (χ1v) is 11.3. The van der Waals surface area contributed by atoms with Gasteiger partial charge >= 0.3 is 0 Å². The fourth-order valence-electron chi connectivity index (χ4n) is 0.532. The highest BCUT2D eigenvalue weighted by atomic mass is 32.2. The SMILES string of the molecule is CS(=O)(=O)CCC#N.[2H]C([2H])(C#N)C([2H])([2H])S(C)(=O)=O.[2H]C([2H])(C)C([2H])([2H])S(C)(=O)=O. The minimum atomic E-state index is -4.24. The molecule has 0 aliphatic heterocycles. The van der Waals surface area contributed by atoms with Crippen molar-refractivity contribution in [3.63, 3.8) is 0 Å². The van der Waals surface area contributed by atoms with Crippen molar-refractivity contribution in [2.24, 2.45) is 0 Å². The highest BCUT2D eigenvalue weighted by Gasteiger charge is 1.98. The van der Waals surface area contributed by atoms with Gasteiger partial charge in [-0.2, -0.15) is 10.5 Å². The zero-order valence-electron chi connectivity index (χ0n) is 21.0. The van der Waals surface area contributed by atoms with Gasteiger partial charge in [-0.05, 0) is 6.37 Å². The van der Waals surface area contributed by atoms with Gasteiger partial charge in [-0.25, -0.2) is 25.3 Å². The van der Waals surface area contributed by atoms with E-state index in [9.17, 15) is 25.3 Å². The van der Waals surface area contributed by atoms with E-state index in [-0.39, 0.29) is 12.2 Å². The Bertz CT molecular complexity index is 1000. The fourth-order valence-corrected chi connectivity index (χ4v) is 1.60. The van der Waals surface area contributed by atoms with Crippen LogP contribution in [0.2, 0.25) is 0 Å². The average molecular weight is 397 g/mol. The quantitative estimate of drug-likeness (QED) is 0.623. The van der Waals surface area contributed by atoms with E-state index in [0.717, 1.165) is 19.2 Å². The van der Waals surface area contributed by atoms with Gasteiger partial charge in [0.1, 0.15) is 29.5 Å². The molecule has 0 amide bonds. The lowest BCUT2D eigenvalue weighted by Gasteiger charge is -1.87. The maximum atomic E-state index is 10.7. The summed E-state index contributed by atoms with van der Waals surface area (Å²) in [6.07, 6.45) is -2.97. The Balaban J connectivity index is -0.000000387.